The Balaban J connectivity index is 2.51. The normalized spacial score (nSPS) is 10.7. The Morgan fingerprint density at radius 1 is 1.10 bits per heavy atom. The van der Waals surface area contributed by atoms with E-state index in [1.54, 1.807) is 0 Å². The Labute approximate surface area is 122 Å². The van der Waals surface area contributed by atoms with Gasteiger partial charge in [0.05, 0.1) is 0 Å². The molecule has 0 aliphatic carbocycles. The van der Waals surface area contributed by atoms with Crippen molar-refractivity contribution in [3.8, 4) is 0 Å². The second-order valence-corrected chi connectivity index (χ2v) is 5.18. The van der Waals surface area contributed by atoms with Crippen LogP contribution in [0.2, 0.25) is 0 Å². The Kier molecular flexibility index (Phi) is 6.52. The first kappa shape index (κ1) is 16.5. The molecule has 0 saturated heterocycles. The molecule has 1 aromatic carbocycles. The quantitative estimate of drug-likeness (QED) is 0.839. The predicted molar refractivity (Wildman–Crippen MR) is 85.5 cm³/mol. The predicted octanol–water partition coefficient (Wildman–Crippen LogP) is 3.08. The monoisotopic (exact) mass is 277 g/mol. The maximum absolute atomic E-state index is 11.9. The zero-order valence-corrected chi connectivity index (χ0v) is 13.3. The molecule has 0 spiro atoms. The lowest BCUT2D eigenvalue weighted by molar-refractivity contribution is 0.247. The van der Waals surface area contributed by atoms with E-state index in [0.717, 1.165) is 36.4 Å². The second kappa shape index (κ2) is 7.90. The number of likely N-dealkylation sites (N-methyl/N-ethyl adjacent to an activating group) is 1. The van der Waals surface area contributed by atoms with E-state index in [1.807, 2.05) is 13.8 Å². The van der Waals surface area contributed by atoms with E-state index in [2.05, 4.69) is 48.4 Å². The smallest absolute Gasteiger partial charge is 0.319 e. The lowest BCUT2D eigenvalue weighted by atomic mass is 10.1. The fourth-order valence-corrected chi connectivity index (χ4v) is 2.40. The van der Waals surface area contributed by atoms with Crippen molar-refractivity contribution in [2.75, 3.05) is 31.5 Å². The number of amides is 2. The van der Waals surface area contributed by atoms with Crippen molar-refractivity contribution in [1.82, 2.24) is 10.2 Å². The highest BCUT2D eigenvalue weighted by Gasteiger charge is 2.08. The maximum atomic E-state index is 11.9. The van der Waals surface area contributed by atoms with Gasteiger partial charge in [-0.2, -0.15) is 0 Å². The summed E-state index contributed by atoms with van der Waals surface area (Å²) in [6, 6.07) is 4.03. The SMILES string of the molecule is CCN(CC)CCNC(=O)Nc1c(C)cc(C)cc1C. The van der Waals surface area contributed by atoms with Crippen LogP contribution in [0.5, 0.6) is 0 Å². The molecule has 0 atom stereocenters. The summed E-state index contributed by atoms with van der Waals surface area (Å²) in [5, 5.41) is 5.85. The standard InChI is InChI=1S/C16H27N3O/c1-6-19(7-2)9-8-17-16(20)18-15-13(4)10-12(3)11-14(15)5/h10-11H,6-9H2,1-5H3,(H2,17,18,20). The molecular weight excluding hydrogens is 250 g/mol. The van der Waals surface area contributed by atoms with Gasteiger partial charge in [0.2, 0.25) is 0 Å². The maximum Gasteiger partial charge on any atom is 0.319 e. The molecule has 0 bridgehead atoms. The van der Waals surface area contributed by atoms with E-state index in [9.17, 15) is 4.79 Å². The third kappa shape index (κ3) is 4.85. The topological polar surface area (TPSA) is 44.4 Å². The molecule has 4 heteroatoms. The van der Waals surface area contributed by atoms with Crippen LogP contribution < -0.4 is 10.6 Å². The summed E-state index contributed by atoms with van der Waals surface area (Å²) in [4.78, 5) is 14.2. The minimum Gasteiger partial charge on any atom is -0.337 e. The molecule has 0 radical (unpaired) electrons. The molecular formula is C16H27N3O. The fraction of sp³-hybridized carbons (Fsp3) is 0.562. The van der Waals surface area contributed by atoms with E-state index in [1.165, 1.54) is 5.56 Å². The van der Waals surface area contributed by atoms with Gasteiger partial charge in [-0.05, 0) is 45.0 Å². The molecule has 1 aromatic rings. The molecule has 2 N–H and O–H groups in total. The van der Waals surface area contributed by atoms with Crippen molar-refractivity contribution in [1.29, 1.82) is 0 Å². The summed E-state index contributed by atoms with van der Waals surface area (Å²) in [7, 11) is 0. The molecule has 20 heavy (non-hydrogen) atoms. The largest absolute Gasteiger partial charge is 0.337 e. The number of rotatable bonds is 6. The van der Waals surface area contributed by atoms with Crippen molar-refractivity contribution in [2.24, 2.45) is 0 Å². The van der Waals surface area contributed by atoms with Crippen molar-refractivity contribution < 1.29 is 4.79 Å². The van der Waals surface area contributed by atoms with Crippen molar-refractivity contribution in [3.63, 3.8) is 0 Å². The minimum atomic E-state index is -0.132. The highest BCUT2D eigenvalue weighted by Crippen LogP contribution is 2.21. The highest BCUT2D eigenvalue weighted by molar-refractivity contribution is 5.91. The molecule has 0 aromatic heterocycles. The van der Waals surface area contributed by atoms with Crippen LogP contribution >= 0.6 is 0 Å². The Hall–Kier alpha value is -1.55. The van der Waals surface area contributed by atoms with Gasteiger partial charge in [-0.25, -0.2) is 4.79 Å². The molecule has 0 aliphatic rings. The van der Waals surface area contributed by atoms with E-state index in [-0.39, 0.29) is 6.03 Å². The van der Waals surface area contributed by atoms with Crippen LogP contribution in [0.15, 0.2) is 12.1 Å². The van der Waals surface area contributed by atoms with E-state index < -0.39 is 0 Å². The number of carbonyl (C=O) groups is 1. The zero-order valence-electron chi connectivity index (χ0n) is 13.3. The van der Waals surface area contributed by atoms with Crippen LogP contribution in [-0.4, -0.2) is 37.1 Å². The summed E-state index contributed by atoms with van der Waals surface area (Å²) in [6.45, 7) is 13.9. The van der Waals surface area contributed by atoms with Crippen molar-refractivity contribution in [2.45, 2.75) is 34.6 Å². The van der Waals surface area contributed by atoms with E-state index in [0.29, 0.717) is 6.54 Å². The average molecular weight is 277 g/mol. The van der Waals surface area contributed by atoms with Gasteiger partial charge < -0.3 is 15.5 Å². The van der Waals surface area contributed by atoms with Gasteiger partial charge in [-0.3, -0.25) is 0 Å². The van der Waals surface area contributed by atoms with Gasteiger partial charge in [-0.1, -0.05) is 31.5 Å². The molecule has 2 amide bonds. The summed E-state index contributed by atoms with van der Waals surface area (Å²) < 4.78 is 0. The van der Waals surface area contributed by atoms with Gasteiger partial charge >= 0.3 is 6.03 Å². The Morgan fingerprint density at radius 3 is 2.15 bits per heavy atom. The number of nitrogens with zero attached hydrogens (tertiary/aromatic N) is 1. The third-order valence-electron chi connectivity index (χ3n) is 3.52. The summed E-state index contributed by atoms with van der Waals surface area (Å²) in [5.41, 5.74) is 4.33. The van der Waals surface area contributed by atoms with Crippen molar-refractivity contribution in [3.05, 3.63) is 28.8 Å². The molecule has 1 rings (SSSR count). The lowest BCUT2D eigenvalue weighted by Gasteiger charge is -2.18. The highest BCUT2D eigenvalue weighted by atomic mass is 16.2. The number of nitrogens with one attached hydrogen (secondary N) is 2. The number of hydrogen-bond donors (Lipinski definition) is 2. The number of benzene rings is 1. The number of hydrogen-bond acceptors (Lipinski definition) is 2. The number of carbonyl (C=O) groups excluding carboxylic acids is 1. The lowest BCUT2D eigenvalue weighted by Crippen LogP contribution is -2.37. The second-order valence-electron chi connectivity index (χ2n) is 5.18. The minimum absolute atomic E-state index is 0.132. The molecule has 0 unspecified atom stereocenters. The summed E-state index contributed by atoms with van der Waals surface area (Å²) in [5.74, 6) is 0. The van der Waals surface area contributed by atoms with Gasteiger partial charge in [0.15, 0.2) is 0 Å². The average Bonchev–Trinajstić information content (AvgIpc) is 2.39. The summed E-state index contributed by atoms with van der Waals surface area (Å²) in [6.07, 6.45) is 0. The zero-order chi connectivity index (χ0) is 15.1. The van der Waals surface area contributed by atoms with E-state index in [4.69, 9.17) is 0 Å². The van der Waals surface area contributed by atoms with Crippen LogP contribution in [0.1, 0.15) is 30.5 Å². The number of aryl methyl sites for hydroxylation is 3. The van der Waals surface area contributed by atoms with Crippen LogP contribution in [0, 0.1) is 20.8 Å². The van der Waals surface area contributed by atoms with Crippen LogP contribution in [0.25, 0.3) is 0 Å². The molecule has 0 saturated carbocycles. The number of urea groups is 1. The third-order valence-corrected chi connectivity index (χ3v) is 3.52. The first-order chi connectivity index (χ1) is 9.47. The number of anilines is 1. The fourth-order valence-electron chi connectivity index (χ4n) is 2.40. The van der Waals surface area contributed by atoms with Gasteiger partial charge in [-0.15, -0.1) is 0 Å². The van der Waals surface area contributed by atoms with E-state index >= 15 is 0 Å². The first-order valence-corrected chi connectivity index (χ1v) is 7.33. The molecule has 0 heterocycles. The van der Waals surface area contributed by atoms with Crippen LogP contribution in [0.4, 0.5) is 10.5 Å². The van der Waals surface area contributed by atoms with Gasteiger partial charge in [0.1, 0.15) is 0 Å². The molecule has 112 valence electrons. The Bertz CT molecular complexity index is 430. The van der Waals surface area contributed by atoms with Crippen molar-refractivity contribution >= 4 is 11.7 Å². The molecule has 4 nitrogen and oxygen atoms in total. The first-order valence-electron chi connectivity index (χ1n) is 7.33. The Morgan fingerprint density at radius 2 is 1.65 bits per heavy atom. The molecule has 0 fully saturated rings. The van der Waals surface area contributed by atoms with Crippen LogP contribution in [-0.2, 0) is 0 Å². The molecule has 0 aliphatic heterocycles. The van der Waals surface area contributed by atoms with Crippen LogP contribution in [0.3, 0.4) is 0 Å². The van der Waals surface area contributed by atoms with Gasteiger partial charge in [0, 0.05) is 18.8 Å². The summed E-state index contributed by atoms with van der Waals surface area (Å²) >= 11 is 0. The van der Waals surface area contributed by atoms with Gasteiger partial charge in [0.25, 0.3) is 0 Å².